The molecule has 1 saturated carbocycles. The van der Waals surface area contributed by atoms with Gasteiger partial charge in [-0.05, 0) is 36.3 Å². The summed E-state index contributed by atoms with van der Waals surface area (Å²) in [6, 6.07) is 6.49. The Labute approximate surface area is 97.0 Å². The molecule has 2 atom stereocenters. The molecule has 0 spiro atoms. The van der Waals surface area contributed by atoms with E-state index in [1.807, 2.05) is 0 Å². The van der Waals surface area contributed by atoms with Crippen molar-refractivity contribution in [3.63, 3.8) is 0 Å². The highest BCUT2D eigenvalue weighted by Gasteiger charge is 2.31. The molecule has 1 fully saturated rings. The van der Waals surface area contributed by atoms with Gasteiger partial charge in [-0.15, -0.1) is 0 Å². The van der Waals surface area contributed by atoms with E-state index in [4.69, 9.17) is 4.74 Å². The predicted molar refractivity (Wildman–Crippen MR) is 66.2 cm³/mol. The number of rotatable bonds is 1. The molecule has 1 N–H and O–H groups in total. The predicted octanol–water partition coefficient (Wildman–Crippen LogP) is 3.39. The van der Waals surface area contributed by atoms with E-state index < -0.39 is 0 Å². The first-order valence-corrected chi connectivity index (χ1v) is 6.30. The smallest absolute Gasteiger partial charge is 0.120 e. The van der Waals surface area contributed by atoms with Crippen LogP contribution in [0.5, 0.6) is 5.75 Å². The lowest BCUT2D eigenvalue weighted by Crippen LogP contribution is -2.30. The third-order valence-corrected chi connectivity index (χ3v) is 4.12. The van der Waals surface area contributed by atoms with Crippen molar-refractivity contribution in [1.29, 1.82) is 0 Å². The second kappa shape index (κ2) is 4.00. The van der Waals surface area contributed by atoms with Crippen LogP contribution in [0.2, 0.25) is 0 Å². The molecule has 16 heavy (non-hydrogen) atoms. The fraction of sp³-hybridized carbons (Fsp3) is 0.571. The van der Waals surface area contributed by atoms with Crippen LogP contribution in [0.25, 0.3) is 0 Å². The second-order valence-electron chi connectivity index (χ2n) is 4.99. The van der Waals surface area contributed by atoms with Gasteiger partial charge in [0.05, 0.1) is 7.11 Å². The molecule has 86 valence electrons. The second-order valence-corrected chi connectivity index (χ2v) is 4.99. The molecule has 0 saturated heterocycles. The number of anilines is 1. The Kier molecular flexibility index (Phi) is 2.50. The highest BCUT2D eigenvalue weighted by atomic mass is 16.5. The number of nitrogens with one attached hydrogen (secondary N) is 1. The van der Waals surface area contributed by atoms with Gasteiger partial charge >= 0.3 is 0 Å². The van der Waals surface area contributed by atoms with E-state index in [1.165, 1.54) is 36.9 Å². The van der Waals surface area contributed by atoms with Gasteiger partial charge in [0.25, 0.3) is 0 Å². The first-order valence-electron chi connectivity index (χ1n) is 6.30. The molecular formula is C14H19NO. The van der Waals surface area contributed by atoms with E-state index >= 15 is 0 Å². The molecular weight excluding hydrogens is 198 g/mol. The molecule has 1 aromatic carbocycles. The molecule has 2 unspecified atom stereocenters. The van der Waals surface area contributed by atoms with Crippen molar-refractivity contribution >= 4 is 5.69 Å². The summed E-state index contributed by atoms with van der Waals surface area (Å²) in [5, 5.41) is 3.56. The zero-order valence-electron chi connectivity index (χ0n) is 9.83. The van der Waals surface area contributed by atoms with Gasteiger partial charge in [0.2, 0.25) is 0 Å². The van der Waals surface area contributed by atoms with Gasteiger partial charge < -0.3 is 10.1 Å². The molecule has 0 aromatic heterocycles. The average Bonchev–Trinajstić information content (AvgIpc) is 2.38. The van der Waals surface area contributed by atoms with E-state index in [9.17, 15) is 0 Å². The van der Waals surface area contributed by atoms with E-state index in [0.717, 1.165) is 24.1 Å². The van der Waals surface area contributed by atoms with Crippen LogP contribution in [-0.2, 0) is 0 Å². The third-order valence-electron chi connectivity index (χ3n) is 4.12. The van der Waals surface area contributed by atoms with Crippen molar-refractivity contribution in [3.8, 4) is 5.75 Å². The van der Waals surface area contributed by atoms with Crippen molar-refractivity contribution in [3.05, 3.63) is 23.8 Å². The van der Waals surface area contributed by atoms with Crippen LogP contribution in [0.4, 0.5) is 5.69 Å². The summed E-state index contributed by atoms with van der Waals surface area (Å²) in [6.45, 7) is 1.14. The van der Waals surface area contributed by atoms with E-state index in [1.54, 1.807) is 7.11 Å². The standard InChI is InChI=1S/C14H19NO/c1-16-11-6-7-13-12-5-3-2-4-10(12)9-15-14(13)8-11/h6-8,10,12,15H,2-5,9H2,1H3. The third kappa shape index (κ3) is 1.57. The topological polar surface area (TPSA) is 21.3 Å². The molecule has 1 heterocycles. The van der Waals surface area contributed by atoms with Gasteiger partial charge in [-0.1, -0.05) is 18.9 Å². The van der Waals surface area contributed by atoms with Crippen LogP contribution in [0.1, 0.15) is 37.2 Å². The summed E-state index contributed by atoms with van der Waals surface area (Å²) in [6.07, 6.45) is 5.57. The summed E-state index contributed by atoms with van der Waals surface area (Å²) in [5.74, 6) is 2.60. The number of benzene rings is 1. The Hall–Kier alpha value is -1.18. The maximum Gasteiger partial charge on any atom is 0.120 e. The van der Waals surface area contributed by atoms with Crippen molar-refractivity contribution < 1.29 is 4.74 Å². The summed E-state index contributed by atoms with van der Waals surface area (Å²) in [5.41, 5.74) is 2.80. The summed E-state index contributed by atoms with van der Waals surface area (Å²) < 4.78 is 5.28. The van der Waals surface area contributed by atoms with E-state index in [0.29, 0.717) is 0 Å². The van der Waals surface area contributed by atoms with Crippen LogP contribution in [0.3, 0.4) is 0 Å². The lowest BCUT2D eigenvalue weighted by Gasteiger charge is -2.37. The fourth-order valence-corrected chi connectivity index (χ4v) is 3.24. The van der Waals surface area contributed by atoms with Gasteiger partial charge in [-0.25, -0.2) is 0 Å². The Morgan fingerprint density at radius 2 is 2.12 bits per heavy atom. The average molecular weight is 217 g/mol. The molecule has 2 aliphatic rings. The Bertz CT molecular complexity index is 388. The summed E-state index contributed by atoms with van der Waals surface area (Å²) in [7, 11) is 1.73. The molecule has 1 aromatic rings. The van der Waals surface area contributed by atoms with Gasteiger partial charge in [0.15, 0.2) is 0 Å². The van der Waals surface area contributed by atoms with E-state index in [2.05, 4.69) is 23.5 Å². The quantitative estimate of drug-likeness (QED) is 0.778. The minimum Gasteiger partial charge on any atom is -0.497 e. The number of hydrogen-bond acceptors (Lipinski definition) is 2. The van der Waals surface area contributed by atoms with Gasteiger partial charge in [-0.2, -0.15) is 0 Å². The van der Waals surface area contributed by atoms with Crippen LogP contribution in [0.15, 0.2) is 18.2 Å². The van der Waals surface area contributed by atoms with Gasteiger partial charge in [0, 0.05) is 18.3 Å². The molecule has 1 aliphatic carbocycles. The number of methoxy groups -OCH3 is 1. The van der Waals surface area contributed by atoms with Gasteiger partial charge in [0.1, 0.15) is 5.75 Å². The van der Waals surface area contributed by atoms with E-state index in [-0.39, 0.29) is 0 Å². The van der Waals surface area contributed by atoms with Crippen molar-refractivity contribution in [2.75, 3.05) is 19.0 Å². The van der Waals surface area contributed by atoms with Crippen molar-refractivity contribution in [2.45, 2.75) is 31.6 Å². The molecule has 0 radical (unpaired) electrons. The van der Waals surface area contributed by atoms with Crippen LogP contribution < -0.4 is 10.1 Å². The summed E-state index contributed by atoms with van der Waals surface area (Å²) >= 11 is 0. The number of hydrogen-bond donors (Lipinski definition) is 1. The zero-order valence-corrected chi connectivity index (χ0v) is 9.83. The van der Waals surface area contributed by atoms with Crippen LogP contribution >= 0.6 is 0 Å². The zero-order chi connectivity index (χ0) is 11.0. The normalized spacial score (nSPS) is 27.6. The maximum atomic E-state index is 5.28. The SMILES string of the molecule is COc1ccc2c(c1)NCC1CCCCC21. The fourth-order valence-electron chi connectivity index (χ4n) is 3.24. The van der Waals surface area contributed by atoms with Gasteiger partial charge in [-0.3, -0.25) is 0 Å². The van der Waals surface area contributed by atoms with Crippen LogP contribution in [0, 0.1) is 5.92 Å². The largest absolute Gasteiger partial charge is 0.497 e. The lowest BCUT2D eigenvalue weighted by molar-refractivity contribution is 0.312. The number of ether oxygens (including phenoxy) is 1. The van der Waals surface area contributed by atoms with Crippen molar-refractivity contribution in [2.24, 2.45) is 5.92 Å². The first kappa shape index (κ1) is 10.0. The lowest BCUT2D eigenvalue weighted by atomic mass is 9.73. The number of fused-ring (bicyclic) bond motifs is 3. The molecule has 2 nitrogen and oxygen atoms in total. The van der Waals surface area contributed by atoms with Crippen molar-refractivity contribution in [1.82, 2.24) is 0 Å². The Balaban J connectivity index is 1.96. The molecule has 0 bridgehead atoms. The molecule has 0 amide bonds. The molecule has 3 rings (SSSR count). The molecule has 2 heteroatoms. The Morgan fingerprint density at radius 3 is 3.00 bits per heavy atom. The highest BCUT2D eigenvalue weighted by molar-refractivity contribution is 5.58. The minimum absolute atomic E-state index is 0.788. The van der Waals surface area contributed by atoms with Crippen LogP contribution in [-0.4, -0.2) is 13.7 Å². The molecule has 1 aliphatic heterocycles. The minimum atomic E-state index is 0.788. The monoisotopic (exact) mass is 217 g/mol. The Morgan fingerprint density at radius 1 is 1.25 bits per heavy atom. The summed E-state index contributed by atoms with van der Waals surface area (Å²) in [4.78, 5) is 0. The highest BCUT2D eigenvalue weighted by Crippen LogP contribution is 2.44. The first-order chi connectivity index (χ1) is 7.88. The maximum absolute atomic E-state index is 5.28.